The molecule has 0 radical (unpaired) electrons. The molecule has 1 aliphatic rings. The Bertz CT molecular complexity index is 351. The third-order valence-corrected chi connectivity index (χ3v) is 2.96. The van der Waals surface area contributed by atoms with Gasteiger partial charge in [0.15, 0.2) is 0 Å². The number of aliphatic hydroxyl groups excluding tert-OH is 1. The number of hydrogen-bond acceptors (Lipinski definition) is 2. The van der Waals surface area contributed by atoms with Crippen molar-refractivity contribution < 1.29 is 5.11 Å². The minimum atomic E-state index is -0.290. The quantitative estimate of drug-likeness (QED) is 0.781. The van der Waals surface area contributed by atoms with Crippen LogP contribution in [0.4, 0.5) is 0 Å². The van der Waals surface area contributed by atoms with Crippen molar-refractivity contribution in [2.24, 2.45) is 0 Å². The van der Waals surface area contributed by atoms with E-state index in [4.69, 9.17) is 0 Å². The van der Waals surface area contributed by atoms with Crippen LogP contribution in [0.2, 0.25) is 0 Å². The van der Waals surface area contributed by atoms with Gasteiger partial charge in [-0.3, -0.25) is 4.98 Å². The number of halogens is 1. The van der Waals surface area contributed by atoms with E-state index in [2.05, 4.69) is 27.0 Å². The Morgan fingerprint density at radius 3 is 3.07 bits per heavy atom. The summed E-state index contributed by atoms with van der Waals surface area (Å²) in [6, 6.07) is 3.85. The summed E-state index contributed by atoms with van der Waals surface area (Å²) in [6.45, 7) is 0. The van der Waals surface area contributed by atoms with Crippen molar-refractivity contribution in [2.45, 2.75) is 24.9 Å². The first kappa shape index (κ1) is 9.87. The van der Waals surface area contributed by atoms with Crippen LogP contribution in [0.25, 0.3) is 0 Å². The fourth-order valence-corrected chi connectivity index (χ4v) is 2.07. The van der Waals surface area contributed by atoms with Crippen molar-refractivity contribution in [3.8, 4) is 0 Å². The summed E-state index contributed by atoms with van der Waals surface area (Å²) in [5.41, 5.74) is 0.933. The predicted octanol–water partition coefficient (Wildman–Crippen LogP) is 2.64. The van der Waals surface area contributed by atoms with Crippen LogP contribution in [0.1, 0.15) is 24.5 Å². The maximum Gasteiger partial charge on any atom is 0.0661 e. The van der Waals surface area contributed by atoms with Crippen molar-refractivity contribution in [2.75, 3.05) is 0 Å². The Labute approximate surface area is 91.8 Å². The van der Waals surface area contributed by atoms with Gasteiger partial charge in [0.2, 0.25) is 0 Å². The highest BCUT2D eigenvalue weighted by Crippen LogP contribution is 2.27. The number of nitrogens with zero attached hydrogens (tertiary/aromatic N) is 1. The molecule has 1 aromatic heterocycles. The standard InChI is InChI=1S/C11H12BrNO/c12-8-5-6-13-10(7-8)9-3-1-2-4-11(9)14/h1,3,5-7,9,11,14H,2,4H2. The second-order valence-corrected chi connectivity index (χ2v) is 4.41. The molecule has 0 amide bonds. The lowest BCUT2D eigenvalue weighted by atomic mass is 9.90. The molecule has 2 atom stereocenters. The summed E-state index contributed by atoms with van der Waals surface area (Å²) in [5.74, 6) is 0.0567. The zero-order valence-corrected chi connectivity index (χ0v) is 9.31. The highest BCUT2D eigenvalue weighted by molar-refractivity contribution is 9.10. The molecule has 14 heavy (non-hydrogen) atoms. The molecule has 0 aromatic carbocycles. The van der Waals surface area contributed by atoms with E-state index in [1.54, 1.807) is 6.20 Å². The summed E-state index contributed by atoms with van der Waals surface area (Å²) in [7, 11) is 0. The zero-order chi connectivity index (χ0) is 9.97. The second-order valence-electron chi connectivity index (χ2n) is 3.50. The van der Waals surface area contributed by atoms with Crippen LogP contribution in [-0.4, -0.2) is 16.2 Å². The Balaban J connectivity index is 2.29. The van der Waals surface area contributed by atoms with Gasteiger partial charge >= 0.3 is 0 Å². The molecule has 0 saturated carbocycles. The van der Waals surface area contributed by atoms with Crippen LogP contribution in [0.15, 0.2) is 35.0 Å². The molecule has 0 spiro atoms. The highest BCUT2D eigenvalue weighted by Gasteiger charge is 2.21. The molecule has 0 aliphatic heterocycles. The van der Waals surface area contributed by atoms with Gasteiger partial charge in [-0.1, -0.05) is 28.1 Å². The molecule has 1 heterocycles. The molecule has 0 fully saturated rings. The Kier molecular flexibility index (Phi) is 2.99. The smallest absolute Gasteiger partial charge is 0.0661 e. The Morgan fingerprint density at radius 2 is 2.36 bits per heavy atom. The largest absolute Gasteiger partial charge is 0.392 e. The molecule has 74 valence electrons. The maximum atomic E-state index is 9.81. The molecular formula is C11H12BrNO. The number of pyridine rings is 1. The number of aliphatic hydroxyl groups is 1. The van der Waals surface area contributed by atoms with Crippen LogP contribution >= 0.6 is 15.9 Å². The average Bonchev–Trinajstić information content (AvgIpc) is 2.18. The van der Waals surface area contributed by atoms with Crippen LogP contribution in [0.5, 0.6) is 0 Å². The number of hydrogen-bond donors (Lipinski definition) is 1. The predicted molar refractivity (Wildman–Crippen MR) is 59.1 cm³/mol. The van der Waals surface area contributed by atoms with Gasteiger partial charge in [0.1, 0.15) is 0 Å². The van der Waals surface area contributed by atoms with Crippen molar-refractivity contribution >= 4 is 15.9 Å². The number of rotatable bonds is 1. The molecule has 0 saturated heterocycles. The molecule has 0 bridgehead atoms. The van der Waals surface area contributed by atoms with Crippen LogP contribution in [-0.2, 0) is 0 Å². The maximum absolute atomic E-state index is 9.81. The molecular weight excluding hydrogens is 242 g/mol. The normalized spacial score (nSPS) is 26.4. The van der Waals surface area contributed by atoms with Gasteiger partial charge in [-0.15, -0.1) is 0 Å². The van der Waals surface area contributed by atoms with Crippen molar-refractivity contribution in [1.82, 2.24) is 4.98 Å². The first-order chi connectivity index (χ1) is 6.77. The van der Waals surface area contributed by atoms with Crippen molar-refractivity contribution in [3.05, 3.63) is 40.6 Å². The van der Waals surface area contributed by atoms with E-state index in [9.17, 15) is 5.11 Å². The second kappa shape index (κ2) is 4.24. The van der Waals surface area contributed by atoms with Crippen LogP contribution in [0.3, 0.4) is 0 Å². The molecule has 1 aromatic rings. The Morgan fingerprint density at radius 1 is 1.50 bits per heavy atom. The van der Waals surface area contributed by atoms with Gasteiger partial charge in [-0.25, -0.2) is 0 Å². The van der Waals surface area contributed by atoms with Gasteiger partial charge in [-0.05, 0) is 25.0 Å². The lowest BCUT2D eigenvalue weighted by Gasteiger charge is -2.22. The minimum Gasteiger partial charge on any atom is -0.392 e. The topological polar surface area (TPSA) is 33.1 Å². The lowest BCUT2D eigenvalue weighted by molar-refractivity contribution is 0.144. The monoisotopic (exact) mass is 253 g/mol. The third-order valence-electron chi connectivity index (χ3n) is 2.47. The van der Waals surface area contributed by atoms with Crippen LogP contribution in [0, 0.1) is 0 Å². The molecule has 1 aliphatic carbocycles. The number of aromatic nitrogens is 1. The summed E-state index contributed by atoms with van der Waals surface area (Å²) in [4.78, 5) is 4.27. The van der Waals surface area contributed by atoms with Gasteiger partial charge in [0.25, 0.3) is 0 Å². The van der Waals surface area contributed by atoms with Gasteiger partial charge in [-0.2, -0.15) is 0 Å². The summed E-state index contributed by atoms with van der Waals surface area (Å²) in [5, 5.41) is 9.81. The van der Waals surface area contributed by atoms with Crippen LogP contribution < -0.4 is 0 Å². The summed E-state index contributed by atoms with van der Waals surface area (Å²) in [6.07, 6.45) is 7.42. The third kappa shape index (κ3) is 2.04. The fourth-order valence-electron chi connectivity index (χ4n) is 1.72. The van der Waals surface area contributed by atoms with E-state index >= 15 is 0 Å². The lowest BCUT2D eigenvalue weighted by Crippen LogP contribution is -2.20. The van der Waals surface area contributed by atoms with Crippen molar-refractivity contribution in [3.63, 3.8) is 0 Å². The molecule has 1 N–H and O–H groups in total. The van der Waals surface area contributed by atoms with E-state index in [0.29, 0.717) is 0 Å². The highest BCUT2D eigenvalue weighted by atomic mass is 79.9. The van der Waals surface area contributed by atoms with Gasteiger partial charge in [0.05, 0.1) is 11.8 Å². The molecule has 2 unspecified atom stereocenters. The van der Waals surface area contributed by atoms with Crippen molar-refractivity contribution in [1.29, 1.82) is 0 Å². The fraction of sp³-hybridized carbons (Fsp3) is 0.364. The summed E-state index contributed by atoms with van der Waals surface area (Å²) < 4.78 is 1.01. The minimum absolute atomic E-state index is 0.0567. The average molecular weight is 254 g/mol. The van der Waals surface area contributed by atoms with Gasteiger partial charge < -0.3 is 5.11 Å². The summed E-state index contributed by atoms with van der Waals surface area (Å²) >= 11 is 3.40. The molecule has 2 nitrogen and oxygen atoms in total. The van der Waals surface area contributed by atoms with E-state index in [1.807, 2.05) is 18.2 Å². The molecule has 3 heteroatoms. The molecule has 2 rings (SSSR count). The SMILES string of the molecule is OC1CCC=CC1c1cc(Br)ccn1. The van der Waals surface area contributed by atoms with Gasteiger partial charge in [0, 0.05) is 16.6 Å². The van der Waals surface area contributed by atoms with E-state index < -0.39 is 0 Å². The first-order valence-electron chi connectivity index (χ1n) is 4.73. The van der Waals surface area contributed by atoms with E-state index in [1.165, 1.54) is 0 Å². The zero-order valence-electron chi connectivity index (χ0n) is 7.73. The van der Waals surface area contributed by atoms with E-state index in [0.717, 1.165) is 23.0 Å². The van der Waals surface area contributed by atoms with E-state index in [-0.39, 0.29) is 12.0 Å². The number of allylic oxidation sites excluding steroid dienone is 1. The Hall–Kier alpha value is -0.670. The first-order valence-corrected chi connectivity index (χ1v) is 5.53.